The van der Waals surface area contributed by atoms with E-state index in [1.807, 2.05) is 0 Å². The number of pyridine rings is 1. The molecule has 1 aromatic carbocycles. The summed E-state index contributed by atoms with van der Waals surface area (Å²) in [4.78, 5) is 29.3. The zero-order valence-corrected chi connectivity index (χ0v) is 16.3. The lowest BCUT2D eigenvalue weighted by molar-refractivity contribution is -0.274. The molecule has 13 heteroatoms. The highest BCUT2D eigenvalue weighted by Crippen LogP contribution is 2.35. The Bertz CT molecular complexity index is 1010. The predicted molar refractivity (Wildman–Crippen MR) is 99.9 cm³/mol. The molecule has 3 rings (SSSR count). The molecule has 0 bridgehead atoms. The van der Waals surface area contributed by atoms with Crippen LogP contribution in [0.3, 0.4) is 0 Å². The minimum atomic E-state index is -4.85. The van der Waals surface area contributed by atoms with E-state index in [0.717, 1.165) is 17.0 Å². The van der Waals surface area contributed by atoms with Crippen LogP contribution < -0.4 is 20.3 Å². The van der Waals surface area contributed by atoms with Gasteiger partial charge in [0.25, 0.3) is 0 Å². The average Bonchev–Trinajstić information content (AvgIpc) is 2.69. The molecule has 0 saturated heterocycles. The van der Waals surface area contributed by atoms with Gasteiger partial charge in [-0.1, -0.05) is 19.1 Å². The highest BCUT2D eigenvalue weighted by Gasteiger charge is 2.35. The van der Waals surface area contributed by atoms with Crippen molar-refractivity contribution in [2.24, 2.45) is 0 Å². The summed E-state index contributed by atoms with van der Waals surface area (Å²) in [6, 6.07) is 4.04. The minimum absolute atomic E-state index is 0.168. The molecule has 2 N–H and O–H groups in total. The van der Waals surface area contributed by atoms with Crippen molar-refractivity contribution in [3.8, 4) is 5.75 Å². The number of ether oxygens (including phenoxy) is 1. The lowest BCUT2D eigenvalue weighted by atomic mass is 10.0. The normalized spacial score (nSPS) is 15.0. The molecule has 1 atom stereocenters. The second-order valence-electron chi connectivity index (χ2n) is 6.75. The first-order valence-corrected chi connectivity index (χ1v) is 9.18. The van der Waals surface area contributed by atoms with Gasteiger partial charge in [-0.3, -0.25) is 9.69 Å². The molecule has 0 aliphatic carbocycles. The second-order valence-corrected chi connectivity index (χ2v) is 6.75. The van der Waals surface area contributed by atoms with Crippen LogP contribution in [0.1, 0.15) is 30.5 Å². The molecular formula is C19H16F6N4O3. The molecular weight excluding hydrogens is 446 g/mol. The zero-order valence-electron chi connectivity index (χ0n) is 16.3. The van der Waals surface area contributed by atoms with Crippen LogP contribution in [0.2, 0.25) is 0 Å². The van der Waals surface area contributed by atoms with Gasteiger partial charge in [0.1, 0.15) is 12.3 Å². The maximum absolute atomic E-state index is 12.9. The van der Waals surface area contributed by atoms with E-state index in [2.05, 4.69) is 20.4 Å². The number of nitrogens with zero attached hydrogens (tertiary/aromatic N) is 2. The van der Waals surface area contributed by atoms with E-state index in [0.29, 0.717) is 24.2 Å². The molecule has 32 heavy (non-hydrogen) atoms. The number of urea groups is 1. The fourth-order valence-corrected chi connectivity index (χ4v) is 3.05. The molecule has 1 unspecified atom stereocenters. The average molecular weight is 462 g/mol. The molecule has 0 radical (unpaired) electrons. The molecule has 172 valence electrons. The Morgan fingerprint density at radius 3 is 2.44 bits per heavy atom. The summed E-state index contributed by atoms with van der Waals surface area (Å²) in [6.07, 6.45) is -8.65. The molecule has 3 amide bonds. The van der Waals surface area contributed by atoms with Gasteiger partial charge in [-0.25, -0.2) is 9.78 Å². The Morgan fingerprint density at radius 1 is 1.22 bits per heavy atom. The number of amides is 3. The van der Waals surface area contributed by atoms with Crippen LogP contribution in [0.5, 0.6) is 5.75 Å². The van der Waals surface area contributed by atoms with Crippen LogP contribution in [0.25, 0.3) is 0 Å². The molecule has 0 saturated carbocycles. The van der Waals surface area contributed by atoms with Crippen LogP contribution in [-0.2, 0) is 11.0 Å². The Labute approximate surface area is 177 Å². The third kappa shape index (κ3) is 5.39. The number of carbonyl (C=O) groups excluding carboxylic acids is 2. The fourth-order valence-electron chi connectivity index (χ4n) is 3.05. The maximum atomic E-state index is 12.9. The SMILES string of the molecule is CCC(NC(=O)N1CC(=O)Nc2cc(C(F)(F)F)cnc21)c1ccc(OC(F)(F)F)cc1. The number of fused-ring (bicyclic) bond motifs is 1. The standard InChI is InChI=1S/C19H16F6N4O3/c1-2-13(10-3-5-12(6-4-10)32-19(23,24)25)28-17(31)29-9-15(30)27-14-7-11(18(20,21)22)8-26-16(14)29/h3-8,13H,2,9H2,1H3,(H,27,30)(H,28,31). The van der Waals surface area contributed by atoms with E-state index >= 15 is 0 Å². The van der Waals surface area contributed by atoms with Gasteiger partial charge in [0.15, 0.2) is 5.82 Å². The first-order valence-electron chi connectivity index (χ1n) is 9.18. The Hall–Kier alpha value is -3.51. The summed E-state index contributed by atoms with van der Waals surface area (Å²) >= 11 is 0. The van der Waals surface area contributed by atoms with Gasteiger partial charge >= 0.3 is 18.6 Å². The number of carbonyl (C=O) groups is 2. The van der Waals surface area contributed by atoms with Crippen molar-refractivity contribution in [1.82, 2.24) is 10.3 Å². The number of hydrogen-bond donors (Lipinski definition) is 2. The molecule has 1 aliphatic heterocycles. The zero-order chi connectivity index (χ0) is 23.7. The Balaban J connectivity index is 1.79. The van der Waals surface area contributed by atoms with Crippen molar-refractivity contribution in [1.29, 1.82) is 0 Å². The minimum Gasteiger partial charge on any atom is -0.406 e. The molecule has 2 heterocycles. The first kappa shape index (κ1) is 23.2. The fraction of sp³-hybridized carbons (Fsp3) is 0.316. The number of alkyl halides is 6. The van der Waals surface area contributed by atoms with Crippen LogP contribution in [0.4, 0.5) is 42.6 Å². The number of benzene rings is 1. The summed E-state index contributed by atoms with van der Waals surface area (Å²) in [5, 5.41) is 4.86. The summed E-state index contributed by atoms with van der Waals surface area (Å²) in [6.45, 7) is 1.22. The topological polar surface area (TPSA) is 83.6 Å². The summed E-state index contributed by atoms with van der Waals surface area (Å²) in [7, 11) is 0. The number of aromatic nitrogens is 1. The van der Waals surface area contributed by atoms with Crippen molar-refractivity contribution in [3.63, 3.8) is 0 Å². The number of nitrogens with one attached hydrogen (secondary N) is 2. The first-order chi connectivity index (χ1) is 14.9. The van der Waals surface area contributed by atoms with Gasteiger partial charge in [0.2, 0.25) is 5.91 Å². The van der Waals surface area contributed by atoms with Gasteiger partial charge in [-0.2, -0.15) is 13.2 Å². The van der Waals surface area contributed by atoms with E-state index in [-0.39, 0.29) is 11.5 Å². The van der Waals surface area contributed by atoms with E-state index in [1.165, 1.54) is 12.1 Å². The number of anilines is 2. The number of halogens is 6. The van der Waals surface area contributed by atoms with Crippen molar-refractivity contribution in [2.75, 3.05) is 16.8 Å². The van der Waals surface area contributed by atoms with Crippen molar-refractivity contribution in [2.45, 2.75) is 31.9 Å². The summed E-state index contributed by atoms with van der Waals surface area (Å²) < 4.78 is 79.5. The van der Waals surface area contributed by atoms with Gasteiger partial charge in [0, 0.05) is 6.20 Å². The Morgan fingerprint density at radius 2 is 1.88 bits per heavy atom. The summed E-state index contributed by atoms with van der Waals surface area (Å²) in [5.41, 5.74) is -0.906. The van der Waals surface area contributed by atoms with Gasteiger partial charge in [-0.15, -0.1) is 13.2 Å². The third-order valence-corrected chi connectivity index (χ3v) is 4.49. The number of rotatable bonds is 4. The second kappa shape index (κ2) is 8.55. The summed E-state index contributed by atoms with van der Waals surface area (Å²) in [5.74, 6) is -1.32. The quantitative estimate of drug-likeness (QED) is 0.650. The Kier molecular flexibility index (Phi) is 6.19. The van der Waals surface area contributed by atoms with Gasteiger partial charge < -0.3 is 15.4 Å². The van der Waals surface area contributed by atoms with Crippen LogP contribution in [-0.4, -0.2) is 29.8 Å². The van der Waals surface area contributed by atoms with E-state index in [9.17, 15) is 35.9 Å². The maximum Gasteiger partial charge on any atom is 0.573 e. The monoisotopic (exact) mass is 462 g/mol. The molecule has 1 aliphatic rings. The third-order valence-electron chi connectivity index (χ3n) is 4.49. The van der Waals surface area contributed by atoms with Crippen LogP contribution in [0.15, 0.2) is 36.5 Å². The molecule has 7 nitrogen and oxygen atoms in total. The predicted octanol–water partition coefficient (Wildman–Crippen LogP) is 4.62. The molecule has 0 spiro atoms. The van der Waals surface area contributed by atoms with Crippen molar-refractivity contribution >= 4 is 23.4 Å². The molecule has 0 fully saturated rings. The van der Waals surface area contributed by atoms with Crippen molar-refractivity contribution < 1.29 is 40.7 Å². The lowest BCUT2D eigenvalue weighted by Crippen LogP contribution is -2.48. The smallest absolute Gasteiger partial charge is 0.406 e. The molecule has 1 aromatic heterocycles. The highest BCUT2D eigenvalue weighted by molar-refractivity contribution is 6.08. The number of hydrogen-bond acceptors (Lipinski definition) is 4. The highest BCUT2D eigenvalue weighted by atomic mass is 19.4. The van der Waals surface area contributed by atoms with E-state index in [1.54, 1.807) is 6.92 Å². The van der Waals surface area contributed by atoms with E-state index in [4.69, 9.17) is 0 Å². The van der Waals surface area contributed by atoms with Crippen LogP contribution >= 0.6 is 0 Å². The largest absolute Gasteiger partial charge is 0.573 e. The van der Waals surface area contributed by atoms with Gasteiger partial charge in [0.05, 0.1) is 17.3 Å². The molecule has 2 aromatic rings. The lowest BCUT2D eigenvalue weighted by Gasteiger charge is -2.30. The van der Waals surface area contributed by atoms with Crippen LogP contribution in [0, 0.1) is 0 Å². The van der Waals surface area contributed by atoms with Gasteiger partial charge in [-0.05, 0) is 30.2 Å². The van der Waals surface area contributed by atoms with Crippen molar-refractivity contribution in [3.05, 3.63) is 47.7 Å². The van der Waals surface area contributed by atoms with E-state index < -0.39 is 48.4 Å².